The van der Waals surface area contributed by atoms with Crippen molar-refractivity contribution in [1.82, 2.24) is 20.5 Å². The van der Waals surface area contributed by atoms with Crippen molar-refractivity contribution in [1.29, 1.82) is 0 Å². The average molecular weight is 287 g/mol. The third kappa shape index (κ3) is 3.65. The molecule has 0 aliphatic rings. The lowest BCUT2D eigenvalue weighted by atomic mass is 10.1. The number of carbonyl (C=O) groups is 2. The van der Waals surface area contributed by atoms with E-state index in [9.17, 15) is 9.59 Å². The fraction of sp³-hybridized carbons (Fsp3) is 0.286. The zero-order valence-electron chi connectivity index (χ0n) is 12.1. The molecule has 1 heterocycles. The highest BCUT2D eigenvalue weighted by Gasteiger charge is 2.19. The number of benzene rings is 1. The molecule has 7 heteroatoms. The van der Waals surface area contributed by atoms with Crippen LogP contribution in [0.1, 0.15) is 29.9 Å². The molecule has 0 saturated carbocycles. The van der Waals surface area contributed by atoms with E-state index in [1.165, 1.54) is 6.33 Å². The number of aromatic nitrogens is 3. The van der Waals surface area contributed by atoms with Crippen molar-refractivity contribution in [3.05, 3.63) is 41.5 Å². The maximum absolute atomic E-state index is 11.9. The second-order valence-corrected chi connectivity index (χ2v) is 4.84. The Bertz CT molecular complexity index is 651. The summed E-state index contributed by atoms with van der Waals surface area (Å²) in [6, 6.07) is 5.22. The molecule has 0 fully saturated rings. The number of aromatic amines is 1. The number of H-pyrrole nitrogens is 1. The van der Waals surface area contributed by atoms with Crippen LogP contribution < -0.4 is 10.6 Å². The lowest BCUT2D eigenvalue weighted by Crippen LogP contribution is -2.37. The Hall–Kier alpha value is -2.70. The minimum absolute atomic E-state index is 0.427. The molecule has 1 aromatic heterocycles. The Balaban J connectivity index is 2.00. The molecule has 0 saturated heterocycles. The van der Waals surface area contributed by atoms with Crippen molar-refractivity contribution in [3.8, 4) is 0 Å². The molecule has 1 aromatic carbocycles. The van der Waals surface area contributed by atoms with Crippen molar-refractivity contribution >= 4 is 17.5 Å². The van der Waals surface area contributed by atoms with Crippen LogP contribution >= 0.6 is 0 Å². The highest BCUT2D eigenvalue weighted by molar-refractivity contribution is 6.39. The van der Waals surface area contributed by atoms with E-state index >= 15 is 0 Å². The zero-order valence-corrected chi connectivity index (χ0v) is 12.1. The van der Waals surface area contributed by atoms with Gasteiger partial charge in [0.25, 0.3) is 0 Å². The first kappa shape index (κ1) is 14.7. The zero-order chi connectivity index (χ0) is 15.4. The van der Waals surface area contributed by atoms with Crippen LogP contribution in [0.3, 0.4) is 0 Å². The van der Waals surface area contributed by atoms with Gasteiger partial charge in [0.15, 0.2) is 0 Å². The van der Waals surface area contributed by atoms with Crippen LogP contribution in [-0.2, 0) is 9.59 Å². The monoisotopic (exact) mass is 287 g/mol. The van der Waals surface area contributed by atoms with Crippen LogP contribution in [0.25, 0.3) is 0 Å². The van der Waals surface area contributed by atoms with Crippen molar-refractivity contribution in [2.75, 3.05) is 5.32 Å². The predicted octanol–water partition coefficient (Wildman–Crippen LogP) is 1.24. The number of hydrogen-bond acceptors (Lipinski definition) is 4. The van der Waals surface area contributed by atoms with E-state index in [1.54, 1.807) is 6.92 Å². The maximum atomic E-state index is 11.9. The quantitative estimate of drug-likeness (QED) is 0.739. The second-order valence-electron chi connectivity index (χ2n) is 4.84. The normalized spacial score (nSPS) is 11.8. The van der Waals surface area contributed by atoms with Crippen LogP contribution in [0, 0.1) is 13.8 Å². The first-order valence-electron chi connectivity index (χ1n) is 6.51. The van der Waals surface area contributed by atoms with Gasteiger partial charge in [0.2, 0.25) is 0 Å². The second kappa shape index (κ2) is 6.17. The van der Waals surface area contributed by atoms with Crippen LogP contribution in [0.5, 0.6) is 0 Å². The fourth-order valence-electron chi connectivity index (χ4n) is 1.80. The molecule has 3 N–H and O–H groups in total. The Kier molecular flexibility index (Phi) is 4.32. The molecule has 0 radical (unpaired) electrons. The van der Waals surface area contributed by atoms with E-state index in [2.05, 4.69) is 25.8 Å². The topological polar surface area (TPSA) is 99.8 Å². The van der Waals surface area contributed by atoms with Crippen LogP contribution in [0.2, 0.25) is 0 Å². The number of hydrogen-bond donors (Lipinski definition) is 3. The standard InChI is InChI=1S/C14H17N5O2/c1-8-4-5-9(2)11(6-8)18-14(21)13(20)17-10(3)12-15-7-16-19-12/h4-7,10H,1-3H3,(H,17,20)(H,18,21)(H,15,16,19). The van der Waals surface area contributed by atoms with Crippen LogP contribution in [0.15, 0.2) is 24.5 Å². The summed E-state index contributed by atoms with van der Waals surface area (Å²) in [5.41, 5.74) is 2.53. The molecule has 110 valence electrons. The summed E-state index contributed by atoms with van der Waals surface area (Å²) in [6.45, 7) is 5.49. The molecular formula is C14H17N5O2. The minimum atomic E-state index is -0.722. The van der Waals surface area contributed by atoms with E-state index < -0.39 is 17.9 Å². The lowest BCUT2D eigenvalue weighted by Gasteiger charge is -2.12. The number of carbonyl (C=O) groups excluding carboxylic acids is 2. The summed E-state index contributed by atoms with van der Waals surface area (Å²) >= 11 is 0. The van der Waals surface area contributed by atoms with Gasteiger partial charge in [-0.25, -0.2) is 4.98 Å². The van der Waals surface area contributed by atoms with E-state index in [-0.39, 0.29) is 0 Å². The van der Waals surface area contributed by atoms with Gasteiger partial charge in [0.1, 0.15) is 12.2 Å². The summed E-state index contributed by atoms with van der Waals surface area (Å²) < 4.78 is 0. The first-order chi connectivity index (χ1) is 9.97. The van der Waals surface area contributed by atoms with Gasteiger partial charge in [-0.3, -0.25) is 14.7 Å². The maximum Gasteiger partial charge on any atom is 0.313 e. The smallest absolute Gasteiger partial charge is 0.313 e. The molecule has 2 aromatic rings. The number of anilines is 1. The van der Waals surface area contributed by atoms with E-state index in [4.69, 9.17) is 0 Å². The molecule has 2 rings (SSSR count). The van der Waals surface area contributed by atoms with Gasteiger partial charge in [0.05, 0.1) is 6.04 Å². The lowest BCUT2D eigenvalue weighted by molar-refractivity contribution is -0.136. The fourth-order valence-corrected chi connectivity index (χ4v) is 1.80. The van der Waals surface area contributed by atoms with Crippen molar-refractivity contribution in [3.63, 3.8) is 0 Å². The summed E-state index contributed by atoms with van der Waals surface area (Å²) in [4.78, 5) is 27.7. The average Bonchev–Trinajstić information content (AvgIpc) is 2.97. The Morgan fingerprint density at radius 3 is 2.67 bits per heavy atom. The summed E-state index contributed by atoms with van der Waals surface area (Å²) in [5.74, 6) is -0.947. The van der Waals surface area contributed by atoms with Gasteiger partial charge < -0.3 is 10.6 Å². The minimum Gasteiger partial charge on any atom is -0.338 e. The molecule has 0 spiro atoms. The van der Waals surface area contributed by atoms with Gasteiger partial charge in [-0.2, -0.15) is 5.10 Å². The Labute approximate surface area is 122 Å². The molecular weight excluding hydrogens is 270 g/mol. The van der Waals surface area contributed by atoms with Crippen LogP contribution in [-0.4, -0.2) is 27.0 Å². The number of nitrogens with zero attached hydrogens (tertiary/aromatic N) is 2. The van der Waals surface area contributed by atoms with Gasteiger partial charge in [-0.15, -0.1) is 0 Å². The number of rotatable bonds is 3. The Morgan fingerprint density at radius 2 is 2.00 bits per heavy atom. The molecule has 0 bridgehead atoms. The SMILES string of the molecule is Cc1ccc(C)c(NC(=O)C(=O)NC(C)c2ncn[nH]2)c1. The number of aryl methyl sites for hydroxylation is 2. The van der Waals surface area contributed by atoms with Crippen LogP contribution in [0.4, 0.5) is 5.69 Å². The first-order valence-corrected chi connectivity index (χ1v) is 6.51. The molecule has 0 aliphatic heterocycles. The molecule has 2 amide bonds. The molecule has 1 unspecified atom stereocenters. The van der Waals surface area contributed by atoms with Gasteiger partial charge in [-0.05, 0) is 38.0 Å². The highest BCUT2D eigenvalue weighted by atomic mass is 16.2. The van der Waals surface area contributed by atoms with Gasteiger partial charge in [-0.1, -0.05) is 12.1 Å². The van der Waals surface area contributed by atoms with E-state index in [0.717, 1.165) is 11.1 Å². The third-order valence-electron chi connectivity index (χ3n) is 3.04. The highest BCUT2D eigenvalue weighted by Crippen LogP contribution is 2.16. The van der Waals surface area contributed by atoms with Gasteiger partial charge >= 0.3 is 11.8 Å². The number of amides is 2. The predicted molar refractivity (Wildman–Crippen MR) is 77.5 cm³/mol. The number of nitrogens with one attached hydrogen (secondary N) is 3. The molecule has 1 atom stereocenters. The summed E-state index contributed by atoms with van der Waals surface area (Å²) in [5, 5.41) is 11.5. The summed E-state index contributed by atoms with van der Waals surface area (Å²) in [7, 11) is 0. The Morgan fingerprint density at radius 1 is 1.24 bits per heavy atom. The van der Waals surface area contributed by atoms with Crippen molar-refractivity contribution < 1.29 is 9.59 Å². The van der Waals surface area contributed by atoms with E-state index in [1.807, 2.05) is 32.0 Å². The third-order valence-corrected chi connectivity index (χ3v) is 3.04. The van der Waals surface area contributed by atoms with Crippen molar-refractivity contribution in [2.24, 2.45) is 0 Å². The molecule has 21 heavy (non-hydrogen) atoms. The van der Waals surface area contributed by atoms with Crippen molar-refractivity contribution in [2.45, 2.75) is 26.8 Å². The molecule has 7 nitrogen and oxygen atoms in total. The summed E-state index contributed by atoms with van der Waals surface area (Å²) in [6.07, 6.45) is 1.34. The van der Waals surface area contributed by atoms with E-state index in [0.29, 0.717) is 11.5 Å². The molecule has 0 aliphatic carbocycles. The largest absolute Gasteiger partial charge is 0.338 e. The van der Waals surface area contributed by atoms with Gasteiger partial charge in [0, 0.05) is 5.69 Å².